The molecule has 2 aromatic rings. The smallest absolute Gasteiger partial charge is 0.477 e. The lowest BCUT2D eigenvalue weighted by Crippen LogP contribution is -2.49. The molecule has 0 aliphatic carbocycles. The van der Waals surface area contributed by atoms with Crippen molar-refractivity contribution >= 4 is 11.6 Å². The molecule has 0 fully saturated rings. The molecule has 1 aliphatic heterocycles. The molecule has 0 radical (unpaired) electrons. The third-order valence-electron chi connectivity index (χ3n) is 4.19. The summed E-state index contributed by atoms with van der Waals surface area (Å²) >= 11 is 0. The summed E-state index contributed by atoms with van der Waals surface area (Å²) in [6, 6.07) is 9.22. The predicted octanol–water partition coefficient (Wildman–Crippen LogP) is 4.29. The summed E-state index contributed by atoms with van der Waals surface area (Å²) in [7, 11) is 2.96. The number of hydrogen-bond donors (Lipinski definition) is 0. The van der Waals surface area contributed by atoms with Gasteiger partial charge in [-0.25, -0.2) is 0 Å². The van der Waals surface area contributed by atoms with Crippen LogP contribution in [-0.2, 0) is 9.47 Å². The van der Waals surface area contributed by atoms with Crippen molar-refractivity contribution in [3.63, 3.8) is 0 Å². The highest BCUT2D eigenvalue weighted by Crippen LogP contribution is 2.44. The van der Waals surface area contributed by atoms with E-state index in [1.165, 1.54) is 32.4 Å². The fourth-order valence-electron chi connectivity index (χ4n) is 3.08. The molecule has 27 heavy (non-hydrogen) atoms. The molecule has 0 bridgehead atoms. The van der Waals surface area contributed by atoms with Gasteiger partial charge in [-0.15, -0.1) is 13.2 Å². The maximum absolute atomic E-state index is 12.5. The first-order valence-electron chi connectivity index (χ1n) is 8.05. The van der Waals surface area contributed by atoms with Crippen LogP contribution in [0.3, 0.4) is 0 Å². The van der Waals surface area contributed by atoms with Gasteiger partial charge in [0.25, 0.3) is 0 Å². The minimum absolute atomic E-state index is 0.333. The van der Waals surface area contributed by atoms with Gasteiger partial charge in [-0.05, 0) is 43.3 Å². The number of pyridine rings is 1. The third kappa shape index (κ3) is 3.91. The molecule has 1 aromatic heterocycles. The van der Waals surface area contributed by atoms with Crippen molar-refractivity contribution in [3.8, 4) is 11.5 Å². The number of alkyl halides is 3. The van der Waals surface area contributed by atoms with E-state index in [2.05, 4.69) is 9.72 Å². The monoisotopic (exact) mass is 381 g/mol. The van der Waals surface area contributed by atoms with Crippen molar-refractivity contribution in [2.24, 2.45) is 0 Å². The Bertz CT molecular complexity index is 835. The first kappa shape index (κ1) is 19.2. The molecule has 1 atom stereocenters. The van der Waals surface area contributed by atoms with E-state index in [0.717, 1.165) is 0 Å². The fourth-order valence-corrected chi connectivity index (χ4v) is 3.08. The summed E-state index contributed by atoms with van der Waals surface area (Å²) in [6.07, 6.45) is -2.23. The highest BCUT2D eigenvalue weighted by Gasteiger charge is 2.45. The lowest BCUT2D eigenvalue weighted by Gasteiger charge is -2.40. The van der Waals surface area contributed by atoms with Crippen LogP contribution in [0.25, 0.3) is 11.6 Å². The van der Waals surface area contributed by atoms with Gasteiger partial charge >= 0.3 is 6.36 Å². The van der Waals surface area contributed by atoms with Gasteiger partial charge in [0.2, 0.25) is 6.29 Å². The Balaban J connectivity index is 2.11. The summed E-state index contributed by atoms with van der Waals surface area (Å²) in [6.45, 7) is 1.77. The molecule has 3 rings (SSSR count). The quantitative estimate of drug-likeness (QED) is 0.723. The molecular formula is C19H18F3NO4. The maximum atomic E-state index is 12.5. The average Bonchev–Trinajstić information content (AvgIpc) is 2.62. The average molecular weight is 381 g/mol. The number of halogens is 3. The minimum atomic E-state index is -4.77. The highest BCUT2D eigenvalue weighted by molar-refractivity contribution is 5.88. The number of methoxy groups -OCH3 is 2. The van der Waals surface area contributed by atoms with E-state index in [1.807, 2.05) is 0 Å². The molecule has 1 aromatic carbocycles. The van der Waals surface area contributed by atoms with Crippen molar-refractivity contribution in [3.05, 3.63) is 53.9 Å². The minimum Gasteiger partial charge on any atom is -0.477 e. The zero-order chi connectivity index (χ0) is 19.7. The molecule has 0 saturated carbocycles. The van der Waals surface area contributed by atoms with E-state index < -0.39 is 18.3 Å². The first-order chi connectivity index (χ1) is 12.8. The van der Waals surface area contributed by atoms with E-state index in [4.69, 9.17) is 14.2 Å². The zero-order valence-electron chi connectivity index (χ0n) is 14.9. The van der Waals surface area contributed by atoms with Crippen LogP contribution in [0.5, 0.6) is 11.5 Å². The number of hydrogen-bond acceptors (Lipinski definition) is 5. The molecule has 5 nitrogen and oxygen atoms in total. The molecule has 0 saturated heterocycles. The van der Waals surface area contributed by atoms with Crippen LogP contribution in [0.4, 0.5) is 13.2 Å². The Morgan fingerprint density at radius 1 is 1.11 bits per heavy atom. The van der Waals surface area contributed by atoms with Gasteiger partial charge in [0.15, 0.2) is 5.60 Å². The van der Waals surface area contributed by atoms with Crippen molar-refractivity contribution in [1.82, 2.24) is 4.98 Å². The van der Waals surface area contributed by atoms with E-state index >= 15 is 0 Å². The zero-order valence-corrected chi connectivity index (χ0v) is 14.9. The highest BCUT2D eigenvalue weighted by atomic mass is 19.4. The van der Waals surface area contributed by atoms with Crippen molar-refractivity contribution in [1.29, 1.82) is 0 Å². The van der Waals surface area contributed by atoms with Crippen LogP contribution in [0, 0.1) is 0 Å². The predicted molar refractivity (Wildman–Crippen MR) is 92.1 cm³/mol. The SMILES string of the molecule is COC(OC)C1(C)Oc2ccc(OC(F)(F)F)cc2C=C1c1ccccn1. The van der Waals surface area contributed by atoms with Gasteiger partial charge in [0.05, 0.1) is 5.69 Å². The molecule has 2 heterocycles. The fraction of sp³-hybridized carbons (Fsp3) is 0.316. The maximum Gasteiger partial charge on any atom is 0.573 e. The van der Waals surface area contributed by atoms with Gasteiger partial charge in [-0.2, -0.15) is 0 Å². The van der Waals surface area contributed by atoms with Crippen LogP contribution in [0.2, 0.25) is 0 Å². The Labute approximate surface area is 154 Å². The molecule has 1 aliphatic rings. The molecule has 144 valence electrons. The summed E-state index contributed by atoms with van der Waals surface area (Å²) in [5.74, 6) is 0.0471. The van der Waals surface area contributed by atoms with E-state index in [9.17, 15) is 13.2 Å². The largest absolute Gasteiger partial charge is 0.573 e. The lowest BCUT2D eigenvalue weighted by atomic mass is 9.87. The number of ether oxygens (including phenoxy) is 4. The number of rotatable bonds is 5. The molecule has 8 heteroatoms. The molecule has 0 spiro atoms. The second kappa shape index (κ2) is 7.21. The first-order valence-corrected chi connectivity index (χ1v) is 8.05. The third-order valence-corrected chi connectivity index (χ3v) is 4.19. The molecule has 0 amide bonds. The van der Waals surface area contributed by atoms with Crippen molar-refractivity contribution in [2.75, 3.05) is 14.2 Å². The van der Waals surface area contributed by atoms with Gasteiger partial charge in [0.1, 0.15) is 11.5 Å². The van der Waals surface area contributed by atoms with Gasteiger partial charge < -0.3 is 18.9 Å². The Hall–Kier alpha value is -2.58. The Morgan fingerprint density at radius 2 is 1.85 bits per heavy atom. The standard InChI is InChI=1S/C19H18F3NO4/c1-18(17(24-2)25-3)14(15-6-4-5-9-23-15)11-12-10-13(26-19(20,21)22)7-8-16(12)27-18/h4-11,17H,1-3H3. The van der Waals surface area contributed by atoms with Crippen LogP contribution in [-0.4, -0.2) is 37.5 Å². The van der Waals surface area contributed by atoms with E-state index in [1.54, 1.807) is 37.4 Å². The topological polar surface area (TPSA) is 49.8 Å². The summed E-state index contributed by atoms with van der Waals surface area (Å²) in [4.78, 5) is 4.33. The van der Waals surface area contributed by atoms with Gasteiger partial charge in [-0.3, -0.25) is 4.98 Å². The van der Waals surface area contributed by atoms with Crippen LogP contribution >= 0.6 is 0 Å². The molecule has 0 N–H and O–H groups in total. The second-order valence-electron chi connectivity index (χ2n) is 6.03. The van der Waals surface area contributed by atoms with E-state index in [0.29, 0.717) is 22.6 Å². The summed E-state index contributed by atoms with van der Waals surface area (Å²) in [5.41, 5.74) is 0.554. The summed E-state index contributed by atoms with van der Waals surface area (Å²) < 4.78 is 58.5. The van der Waals surface area contributed by atoms with Crippen LogP contribution in [0.15, 0.2) is 42.6 Å². The lowest BCUT2D eigenvalue weighted by molar-refractivity contribution is -0.274. The summed E-state index contributed by atoms with van der Waals surface area (Å²) in [5, 5.41) is 0. The van der Waals surface area contributed by atoms with Gasteiger partial charge in [-0.1, -0.05) is 6.07 Å². The normalized spacial score (nSPS) is 19.3. The Morgan fingerprint density at radius 3 is 2.44 bits per heavy atom. The van der Waals surface area contributed by atoms with Crippen LogP contribution in [0.1, 0.15) is 18.2 Å². The number of fused-ring (bicyclic) bond motifs is 1. The number of nitrogens with zero attached hydrogens (tertiary/aromatic N) is 1. The van der Waals surface area contributed by atoms with Gasteiger partial charge in [0, 0.05) is 31.6 Å². The van der Waals surface area contributed by atoms with Crippen molar-refractivity contribution < 1.29 is 32.1 Å². The van der Waals surface area contributed by atoms with Crippen molar-refractivity contribution in [2.45, 2.75) is 25.2 Å². The molecule has 1 unspecified atom stereocenters. The number of aromatic nitrogens is 1. The van der Waals surface area contributed by atoms with E-state index in [-0.39, 0.29) is 5.75 Å². The molecular weight excluding hydrogens is 363 g/mol. The second-order valence-corrected chi connectivity index (χ2v) is 6.03. The Kier molecular flexibility index (Phi) is 5.12. The van der Waals surface area contributed by atoms with Crippen LogP contribution < -0.4 is 9.47 Å². The number of benzene rings is 1.